The fourth-order valence-electron chi connectivity index (χ4n) is 2.12. The van der Waals surface area contributed by atoms with E-state index in [1.807, 2.05) is 11.6 Å². The van der Waals surface area contributed by atoms with Gasteiger partial charge in [-0.15, -0.1) is 0 Å². The minimum absolute atomic E-state index is 0.249. The lowest BCUT2D eigenvalue weighted by Gasteiger charge is -2.18. The monoisotopic (exact) mass is 258 g/mol. The fraction of sp³-hybridized carbons (Fsp3) is 0.769. The standard InChI is InChI=1S/C13H23ClN2O/c1-5-10(9(4)17)8-12-13(14)11(6-2)15-16(12)7-3/h9-10,17H,5-8H2,1-4H3. The Morgan fingerprint density at radius 1 is 1.35 bits per heavy atom. The number of aliphatic hydroxyl groups excluding tert-OH is 1. The Balaban J connectivity index is 2.99. The summed E-state index contributed by atoms with van der Waals surface area (Å²) in [6, 6.07) is 0. The minimum atomic E-state index is -0.304. The molecule has 0 aliphatic rings. The van der Waals surface area contributed by atoms with Crippen LogP contribution in [0.1, 0.15) is 45.5 Å². The molecule has 2 atom stereocenters. The first-order chi connectivity index (χ1) is 8.04. The number of halogens is 1. The maximum atomic E-state index is 9.72. The van der Waals surface area contributed by atoms with E-state index in [9.17, 15) is 5.11 Å². The molecule has 0 radical (unpaired) electrons. The highest BCUT2D eigenvalue weighted by Crippen LogP contribution is 2.26. The SMILES string of the molecule is CCc1nn(CC)c(CC(CC)C(C)O)c1Cl. The second kappa shape index (κ2) is 6.41. The molecule has 17 heavy (non-hydrogen) atoms. The Kier molecular flexibility index (Phi) is 5.47. The van der Waals surface area contributed by atoms with Gasteiger partial charge in [0.25, 0.3) is 0 Å². The van der Waals surface area contributed by atoms with Crippen molar-refractivity contribution < 1.29 is 5.11 Å². The Hall–Kier alpha value is -0.540. The lowest BCUT2D eigenvalue weighted by molar-refractivity contribution is 0.121. The molecule has 4 heteroatoms. The van der Waals surface area contributed by atoms with Gasteiger partial charge in [0, 0.05) is 6.54 Å². The third-order valence-corrected chi connectivity index (χ3v) is 3.79. The summed E-state index contributed by atoms with van der Waals surface area (Å²) in [5.74, 6) is 0.249. The molecular formula is C13H23ClN2O. The molecule has 1 rings (SSSR count). The number of aromatic nitrogens is 2. The van der Waals surface area contributed by atoms with Gasteiger partial charge in [0.05, 0.1) is 22.5 Å². The molecule has 1 aromatic rings. The van der Waals surface area contributed by atoms with E-state index in [2.05, 4.69) is 25.9 Å². The highest BCUT2D eigenvalue weighted by Gasteiger charge is 2.20. The van der Waals surface area contributed by atoms with Crippen LogP contribution in [-0.4, -0.2) is 21.0 Å². The first kappa shape index (κ1) is 14.5. The number of aryl methyl sites for hydroxylation is 2. The topological polar surface area (TPSA) is 38.0 Å². The van der Waals surface area contributed by atoms with Crippen LogP contribution in [0.15, 0.2) is 0 Å². The molecule has 0 amide bonds. The molecule has 0 spiro atoms. The van der Waals surface area contributed by atoms with Crippen molar-refractivity contribution in [1.82, 2.24) is 9.78 Å². The van der Waals surface area contributed by atoms with Crippen molar-refractivity contribution in [2.45, 2.75) is 59.6 Å². The molecule has 0 bridgehead atoms. The van der Waals surface area contributed by atoms with E-state index in [0.717, 1.165) is 42.2 Å². The summed E-state index contributed by atoms with van der Waals surface area (Å²) in [6.07, 6.45) is 2.30. The molecule has 0 fully saturated rings. The van der Waals surface area contributed by atoms with E-state index in [1.54, 1.807) is 0 Å². The number of hydrogen-bond donors (Lipinski definition) is 1. The van der Waals surface area contributed by atoms with Gasteiger partial charge < -0.3 is 5.11 Å². The molecule has 0 aromatic carbocycles. The van der Waals surface area contributed by atoms with Gasteiger partial charge in [0.15, 0.2) is 0 Å². The van der Waals surface area contributed by atoms with Gasteiger partial charge in [-0.25, -0.2) is 0 Å². The van der Waals surface area contributed by atoms with Crippen LogP contribution in [0.4, 0.5) is 0 Å². The van der Waals surface area contributed by atoms with Gasteiger partial charge in [-0.3, -0.25) is 4.68 Å². The van der Waals surface area contributed by atoms with Crippen LogP contribution >= 0.6 is 11.6 Å². The largest absolute Gasteiger partial charge is 0.393 e. The smallest absolute Gasteiger partial charge is 0.0849 e. The second-order valence-corrected chi connectivity index (χ2v) is 4.87. The van der Waals surface area contributed by atoms with Gasteiger partial charge >= 0.3 is 0 Å². The number of hydrogen-bond acceptors (Lipinski definition) is 2. The number of rotatable bonds is 6. The predicted molar refractivity (Wildman–Crippen MR) is 71.5 cm³/mol. The summed E-state index contributed by atoms with van der Waals surface area (Å²) < 4.78 is 1.96. The van der Waals surface area contributed by atoms with Crippen molar-refractivity contribution >= 4 is 11.6 Å². The van der Waals surface area contributed by atoms with Crippen LogP contribution in [0.25, 0.3) is 0 Å². The zero-order chi connectivity index (χ0) is 13.0. The summed E-state index contributed by atoms with van der Waals surface area (Å²) >= 11 is 6.35. The van der Waals surface area contributed by atoms with Crippen molar-refractivity contribution in [3.8, 4) is 0 Å². The zero-order valence-corrected chi connectivity index (χ0v) is 12.0. The molecular weight excluding hydrogens is 236 g/mol. The molecule has 3 nitrogen and oxygen atoms in total. The summed E-state index contributed by atoms with van der Waals surface area (Å²) in [6.45, 7) is 8.89. The summed E-state index contributed by atoms with van der Waals surface area (Å²) in [4.78, 5) is 0. The van der Waals surface area contributed by atoms with Gasteiger partial charge in [0.2, 0.25) is 0 Å². The van der Waals surface area contributed by atoms with E-state index in [0.29, 0.717) is 0 Å². The molecule has 0 saturated heterocycles. The van der Waals surface area contributed by atoms with E-state index in [4.69, 9.17) is 11.6 Å². The summed E-state index contributed by atoms with van der Waals surface area (Å²) in [5.41, 5.74) is 2.03. The van der Waals surface area contributed by atoms with E-state index in [1.165, 1.54) is 0 Å². The first-order valence-corrected chi connectivity index (χ1v) is 6.84. The van der Waals surface area contributed by atoms with Crippen LogP contribution in [-0.2, 0) is 19.4 Å². The lowest BCUT2D eigenvalue weighted by Crippen LogP contribution is -2.20. The third-order valence-electron chi connectivity index (χ3n) is 3.36. The summed E-state index contributed by atoms with van der Waals surface area (Å²) in [7, 11) is 0. The van der Waals surface area contributed by atoms with Crippen LogP contribution < -0.4 is 0 Å². The Morgan fingerprint density at radius 2 is 2.00 bits per heavy atom. The Labute approximate surface area is 109 Å². The maximum absolute atomic E-state index is 9.72. The third kappa shape index (κ3) is 3.23. The van der Waals surface area contributed by atoms with Crippen molar-refractivity contribution in [2.24, 2.45) is 5.92 Å². The Morgan fingerprint density at radius 3 is 2.41 bits per heavy atom. The fourth-order valence-corrected chi connectivity index (χ4v) is 2.46. The number of nitrogens with zero attached hydrogens (tertiary/aromatic N) is 2. The van der Waals surface area contributed by atoms with Gasteiger partial charge in [-0.05, 0) is 32.6 Å². The van der Waals surface area contributed by atoms with Crippen molar-refractivity contribution in [3.63, 3.8) is 0 Å². The molecule has 0 aliphatic carbocycles. The molecule has 98 valence electrons. The molecule has 1 heterocycles. The molecule has 0 saturated carbocycles. The molecule has 1 N–H and O–H groups in total. The lowest BCUT2D eigenvalue weighted by atomic mass is 9.95. The van der Waals surface area contributed by atoms with Crippen molar-refractivity contribution in [3.05, 3.63) is 16.4 Å². The van der Waals surface area contributed by atoms with E-state index in [-0.39, 0.29) is 12.0 Å². The first-order valence-electron chi connectivity index (χ1n) is 6.47. The predicted octanol–water partition coefficient (Wildman–Crippen LogP) is 3.07. The highest BCUT2D eigenvalue weighted by molar-refractivity contribution is 6.31. The van der Waals surface area contributed by atoms with E-state index >= 15 is 0 Å². The molecule has 1 aromatic heterocycles. The number of aliphatic hydroxyl groups is 1. The van der Waals surface area contributed by atoms with Gasteiger partial charge in [0.1, 0.15) is 0 Å². The van der Waals surface area contributed by atoms with Crippen LogP contribution in [0.3, 0.4) is 0 Å². The van der Waals surface area contributed by atoms with Gasteiger partial charge in [-0.1, -0.05) is 31.9 Å². The second-order valence-electron chi connectivity index (χ2n) is 4.49. The normalized spacial score (nSPS) is 14.9. The maximum Gasteiger partial charge on any atom is 0.0849 e. The zero-order valence-electron chi connectivity index (χ0n) is 11.2. The highest BCUT2D eigenvalue weighted by atomic mass is 35.5. The van der Waals surface area contributed by atoms with Crippen molar-refractivity contribution in [2.75, 3.05) is 0 Å². The minimum Gasteiger partial charge on any atom is -0.393 e. The van der Waals surface area contributed by atoms with Crippen LogP contribution in [0, 0.1) is 5.92 Å². The van der Waals surface area contributed by atoms with Crippen LogP contribution in [0.2, 0.25) is 5.02 Å². The average Bonchev–Trinajstić information content (AvgIpc) is 2.62. The molecule has 2 unspecified atom stereocenters. The summed E-state index contributed by atoms with van der Waals surface area (Å²) in [5, 5.41) is 15.0. The molecule has 0 aliphatic heterocycles. The van der Waals surface area contributed by atoms with Gasteiger partial charge in [-0.2, -0.15) is 5.10 Å². The van der Waals surface area contributed by atoms with Crippen LogP contribution in [0.5, 0.6) is 0 Å². The quantitative estimate of drug-likeness (QED) is 0.852. The Bertz CT molecular complexity index is 361. The van der Waals surface area contributed by atoms with E-state index < -0.39 is 0 Å². The van der Waals surface area contributed by atoms with Crippen molar-refractivity contribution in [1.29, 1.82) is 0 Å². The average molecular weight is 259 g/mol.